The lowest BCUT2D eigenvalue weighted by Gasteiger charge is -2.26. The van der Waals surface area contributed by atoms with E-state index >= 15 is 0 Å². The molecule has 1 N–H and O–H groups in total. The minimum atomic E-state index is -0.360. The van der Waals surface area contributed by atoms with Crippen LogP contribution in [0.3, 0.4) is 0 Å². The number of benzene rings is 1. The van der Waals surface area contributed by atoms with E-state index in [1.54, 1.807) is 12.1 Å². The maximum absolute atomic E-state index is 11.7. The minimum Gasteiger partial charge on any atom is -0.410 e. The lowest BCUT2D eigenvalue weighted by Crippen LogP contribution is -2.39. The number of nitrogens with one attached hydrogen (secondary N) is 1. The van der Waals surface area contributed by atoms with Gasteiger partial charge in [0.15, 0.2) is 0 Å². The predicted molar refractivity (Wildman–Crippen MR) is 75.2 cm³/mol. The van der Waals surface area contributed by atoms with Crippen molar-refractivity contribution in [3.05, 3.63) is 30.3 Å². The molecular weight excluding hydrogens is 246 g/mol. The highest BCUT2D eigenvalue weighted by Crippen LogP contribution is 2.39. The monoisotopic (exact) mass is 265 g/mol. The Kier molecular flexibility index (Phi) is 4.53. The molecule has 0 saturated heterocycles. The number of para-hydroxylation sites is 1. The second-order valence-electron chi connectivity index (χ2n) is 4.65. The summed E-state index contributed by atoms with van der Waals surface area (Å²) in [6.07, 6.45) is 6.64. The van der Waals surface area contributed by atoms with E-state index in [4.69, 9.17) is 4.74 Å². The first-order valence-corrected chi connectivity index (χ1v) is 7.52. The van der Waals surface area contributed by atoms with Gasteiger partial charge < -0.3 is 10.1 Å². The molecule has 1 amide bonds. The highest BCUT2D eigenvalue weighted by atomic mass is 32.2. The zero-order valence-electron chi connectivity index (χ0n) is 10.6. The maximum atomic E-state index is 11.7. The van der Waals surface area contributed by atoms with Crippen molar-refractivity contribution >= 4 is 17.9 Å². The van der Waals surface area contributed by atoms with Crippen molar-refractivity contribution < 1.29 is 9.53 Å². The molecule has 0 unspecified atom stereocenters. The minimum absolute atomic E-state index is 0.218. The SMILES string of the molecule is CSC1(CNC(=O)Oc2ccccc2)CCCC1. The summed E-state index contributed by atoms with van der Waals surface area (Å²) in [5.74, 6) is 0.583. The number of rotatable bonds is 4. The van der Waals surface area contributed by atoms with Crippen LogP contribution in [-0.2, 0) is 0 Å². The summed E-state index contributed by atoms with van der Waals surface area (Å²) in [6.45, 7) is 0.694. The Bertz CT molecular complexity index is 388. The summed E-state index contributed by atoms with van der Waals surface area (Å²) in [6, 6.07) is 9.15. The third-order valence-electron chi connectivity index (χ3n) is 3.46. The van der Waals surface area contributed by atoms with Crippen LogP contribution in [0, 0.1) is 0 Å². The van der Waals surface area contributed by atoms with Gasteiger partial charge in [-0.1, -0.05) is 31.0 Å². The van der Waals surface area contributed by atoms with Gasteiger partial charge in [0.25, 0.3) is 0 Å². The number of ether oxygens (including phenoxy) is 1. The Morgan fingerprint density at radius 2 is 2.00 bits per heavy atom. The lowest BCUT2D eigenvalue weighted by molar-refractivity contribution is 0.199. The molecule has 1 saturated carbocycles. The zero-order chi connectivity index (χ0) is 12.8. The van der Waals surface area contributed by atoms with Crippen LogP contribution in [0.1, 0.15) is 25.7 Å². The number of carbonyl (C=O) groups excluding carboxylic acids is 1. The normalized spacial score (nSPS) is 17.4. The second kappa shape index (κ2) is 6.14. The first kappa shape index (κ1) is 13.3. The van der Waals surface area contributed by atoms with Crippen molar-refractivity contribution in [2.45, 2.75) is 30.4 Å². The van der Waals surface area contributed by atoms with Gasteiger partial charge in [-0.2, -0.15) is 11.8 Å². The van der Waals surface area contributed by atoms with Crippen molar-refractivity contribution in [1.82, 2.24) is 5.32 Å². The van der Waals surface area contributed by atoms with Crippen LogP contribution in [0.15, 0.2) is 30.3 Å². The van der Waals surface area contributed by atoms with Crippen LogP contribution in [0.25, 0.3) is 0 Å². The summed E-state index contributed by atoms with van der Waals surface area (Å²) in [5.41, 5.74) is 0. The van der Waals surface area contributed by atoms with Crippen LogP contribution in [0.4, 0.5) is 4.79 Å². The molecule has 0 aliphatic heterocycles. The maximum Gasteiger partial charge on any atom is 0.412 e. The molecule has 2 rings (SSSR count). The first-order chi connectivity index (χ1) is 8.74. The molecular formula is C14H19NO2S. The molecule has 0 heterocycles. The highest BCUT2D eigenvalue weighted by molar-refractivity contribution is 8.00. The molecule has 4 heteroatoms. The van der Waals surface area contributed by atoms with Gasteiger partial charge >= 0.3 is 6.09 Å². The Morgan fingerprint density at radius 1 is 1.33 bits per heavy atom. The zero-order valence-corrected chi connectivity index (χ0v) is 11.5. The van der Waals surface area contributed by atoms with Crippen LogP contribution in [0.2, 0.25) is 0 Å². The summed E-state index contributed by atoms with van der Waals surface area (Å²) >= 11 is 1.86. The van der Waals surface area contributed by atoms with Crippen molar-refractivity contribution in [2.24, 2.45) is 0 Å². The van der Waals surface area contributed by atoms with Crippen molar-refractivity contribution in [2.75, 3.05) is 12.8 Å². The molecule has 0 bridgehead atoms. The lowest BCUT2D eigenvalue weighted by atomic mass is 10.1. The van der Waals surface area contributed by atoms with E-state index in [1.165, 1.54) is 25.7 Å². The molecule has 18 heavy (non-hydrogen) atoms. The summed E-state index contributed by atoms with van der Waals surface area (Å²) in [4.78, 5) is 11.7. The van der Waals surface area contributed by atoms with E-state index in [0.717, 1.165) is 0 Å². The second-order valence-corrected chi connectivity index (χ2v) is 5.92. The van der Waals surface area contributed by atoms with E-state index in [-0.39, 0.29) is 10.8 Å². The van der Waals surface area contributed by atoms with E-state index in [0.29, 0.717) is 12.3 Å². The van der Waals surface area contributed by atoms with Crippen molar-refractivity contribution in [3.8, 4) is 5.75 Å². The van der Waals surface area contributed by atoms with E-state index in [2.05, 4.69) is 11.6 Å². The standard InChI is InChI=1S/C14H19NO2S/c1-18-14(9-5-6-10-14)11-15-13(16)17-12-7-3-2-4-8-12/h2-4,7-8H,5-6,9-11H2,1H3,(H,15,16). The molecule has 0 aromatic heterocycles. The van der Waals surface area contributed by atoms with Gasteiger partial charge in [-0.05, 0) is 31.2 Å². The number of thioether (sulfide) groups is 1. The smallest absolute Gasteiger partial charge is 0.410 e. The molecule has 98 valence electrons. The summed E-state index contributed by atoms with van der Waals surface area (Å²) in [5, 5.41) is 2.88. The predicted octanol–water partition coefficient (Wildman–Crippen LogP) is 3.45. The Morgan fingerprint density at radius 3 is 2.61 bits per heavy atom. The van der Waals surface area contributed by atoms with Crippen LogP contribution >= 0.6 is 11.8 Å². The van der Waals surface area contributed by atoms with E-state index < -0.39 is 0 Å². The number of hydrogen-bond acceptors (Lipinski definition) is 3. The Labute approximate surface area is 112 Å². The fourth-order valence-corrected chi connectivity index (χ4v) is 3.25. The topological polar surface area (TPSA) is 38.3 Å². The number of hydrogen-bond donors (Lipinski definition) is 1. The molecule has 1 aromatic rings. The summed E-state index contributed by atoms with van der Waals surface area (Å²) < 4.78 is 5.42. The molecule has 1 aliphatic rings. The quantitative estimate of drug-likeness (QED) is 0.906. The van der Waals surface area contributed by atoms with Crippen LogP contribution in [-0.4, -0.2) is 23.6 Å². The van der Waals surface area contributed by atoms with Gasteiger partial charge in [0, 0.05) is 11.3 Å². The van der Waals surface area contributed by atoms with Crippen molar-refractivity contribution in [1.29, 1.82) is 0 Å². The molecule has 0 atom stereocenters. The first-order valence-electron chi connectivity index (χ1n) is 6.30. The average Bonchev–Trinajstić information content (AvgIpc) is 2.87. The molecule has 0 radical (unpaired) electrons. The van der Waals surface area contributed by atoms with Gasteiger partial charge in [0.05, 0.1) is 0 Å². The fraction of sp³-hybridized carbons (Fsp3) is 0.500. The Hall–Kier alpha value is -1.16. The third kappa shape index (κ3) is 3.42. The number of carbonyl (C=O) groups is 1. The molecule has 1 aromatic carbocycles. The van der Waals surface area contributed by atoms with Gasteiger partial charge in [0.1, 0.15) is 5.75 Å². The van der Waals surface area contributed by atoms with Gasteiger partial charge in [0.2, 0.25) is 0 Å². The average molecular weight is 265 g/mol. The fourth-order valence-electron chi connectivity index (χ4n) is 2.34. The van der Waals surface area contributed by atoms with Gasteiger partial charge in [-0.3, -0.25) is 0 Å². The van der Waals surface area contributed by atoms with Crippen LogP contribution in [0.5, 0.6) is 5.75 Å². The highest BCUT2D eigenvalue weighted by Gasteiger charge is 2.33. The molecule has 3 nitrogen and oxygen atoms in total. The number of amides is 1. The largest absolute Gasteiger partial charge is 0.412 e. The third-order valence-corrected chi connectivity index (χ3v) is 4.88. The van der Waals surface area contributed by atoms with Crippen molar-refractivity contribution in [3.63, 3.8) is 0 Å². The molecule has 1 fully saturated rings. The molecule has 0 spiro atoms. The van der Waals surface area contributed by atoms with Gasteiger partial charge in [-0.25, -0.2) is 4.79 Å². The van der Waals surface area contributed by atoms with E-state index in [1.807, 2.05) is 30.0 Å². The Balaban J connectivity index is 1.81. The van der Waals surface area contributed by atoms with E-state index in [9.17, 15) is 4.79 Å². The van der Waals surface area contributed by atoms with Crippen LogP contribution < -0.4 is 10.1 Å². The molecule has 1 aliphatic carbocycles. The van der Waals surface area contributed by atoms with Gasteiger partial charge in [-0.15, -0.1) is 0 Å². The summed E-state index contributed by atoms with van der Waals surface area (Å²) in [7, 11) is 0.